The molecule has 1 saturated heterocycles. The molecule has 1 heterocycles. The molecular weight excluding hydrogens is 170 g/mol. The van der Waals surface area contributed by atoms with Crippen molar-refractivity contribution in [3.8, 4) is 0 Å². The SMILES string of the molecule is CO[C@]12CN(C)CC[C@H]1[C@H]2C(=O)O. The van der Waals surface area contributed by atoms with Crippen LogP contribution >= 0.6 is 0 Å². The highest BCUT2D eigenvalue weighted by atomic mass is 16.5. The van der Waals surface area contributed by atoms with Crippen molar-refractivity contribution in [3.05, 3.63) is 0 Å². The van der Waals surface area contributed by atoms with Gasteiger partial charge in [-0.1, -0.05) is 0 Å². The molecule has 74 valence electrons. The highest BCUT2D eigenvalue weighted by molar-refractivity contribution is 5.77. The molecule has 0 spiro atoms. The Morgan fingerprint density at radius 3 is 2.92 bits per heavy atom. The largest absolute Gasteiger partial charge is 0.481 e. The van der Waals surface area contributed by atoms with E-state index in [1.165, 1.54) is 0 Å². The van der Waals surface area contributed by atoms with Crippen molar-refractivity contribution >= 4 is 5.97 Å². The van der Waals surface area contributed by atoms with Gasteiger partial charge in [-0.3, -0.25) is 4.79 Å². The topological polar surface area (TPSA) is 49.8 Å². The van der Waals surface area contributed by atoms with Crippen LogP contribution < -0.4 is 0 Å². The second-order valence-corrected chi connectivity index (χ2v) is 4.11. The lowest BCUT2D eigenvalue weighted by Gasteiger charge is -2.28. The maximum atomic E-state index is 10.9. The zero-order valence-corrected chi connectivity index (χ0v) is 7.99. The summed E-state index contributed by atoms with van der Waals surface area (Å²) in [6.45, 7) is 1.74. The van der Waals surface area contributed by atoms with Crippen molar-refractivity contribution < 1.29 is 14.6 Å². The summed E-state index contributed by atoms with van der Waals surface area (Å²) >= 11 is 0. The van der Waals surface area contributed by atoms with E-state index in [2.05, 4.69) is 4.90 Å². The van der Waals surface area contributed by atoms with Crippen LogP contribution in [0.4, 0.5) is 0 Å². The van der Waals surface area contributed by atoms with Gasteiger partial charge in [0.25, 0.3) is 0 Å². The fourth-order valence-electron chi connectivity index (χ4n) is 2.70. The van der Waals surface area contributed by atoms with Gasteiger partial charge in [0.05, 0.1) is 11.5 Å². The van der Waals surface area contributed by atoms with E-state index >= 15 is 0 Å². The zero-order valence-electron chi connectivity index (χ0n) is 7.99. The number of likely N-dealkylation sites (N-methyl/N-ethyl adjacent to an activating group) is 1. The van der Waals surface area contributed by atoms with Gasteiger partial charge in [0.1, 0.15) is 0 Å². The number of carbonyl (C=O) groups is 1. The average molecular weight is 185 g/mol. The summed E-state index contributed by atoms with van der Waals surface area (Å²) < 4.78 is 5.37. The molecule has 0 unspecified atom stereocenters. The first-order valence-corrected chi connectivity index (χ1v) is 4.58. The maximum absolute atomic E-state index is 10.9. The van der Waals surface area contributed by atoms with Crippen LogP contribution in [0.15, 0.2) is 0 Å². The number of fused-ring (bicyclic) bond motifs is 1. The van der Waals surface area contributed by atoms with Crippen molar-refractivity contribution in [2.24, 2.45) is 11.8 Å². The van der Waals surface area contributed by atoms with Gasteiger partial charge in [-0.2, -0.15) is 0 Å². The molecule has 1 N–H and O–H groups in total. The minimum absolute atomic E-state index is 0.242. The van der Waals surface area contributed by atoms with E-state index in [4.69, 9.17) is 9.84 Å². The van der Waals surface area contributed by atoms with E-state index in [9.17, 15) is 4.79 Å². The normalized spacial score (nSPS) is 44.2. The number of aliphatic carboxylic acids is 1. The van der Waals surface area contributed by atoms with Crippen LogP contribution in [0.3, 0.4) is 0 Å². The number of carboxylic acid groups (broad SMARTS) is 1. The van der Waals surface area contributed by atoms with Crippen molar-refractivity contribution in [1.82, 2.24) is 4.90 Å². The van der Waals surface area contributed by atoms with Crippen molar-refractivity contribution in [2.75, 3.05) is 27.2 Å². The molecule has 13 heavy (non-hydrogen) atoms. The monoisotopic (exact) mass is 185 g/mol. The summed E-state index contributed by atoms with van der Waals surface area (Å²) in [4.78, 5) is 13.0. The standard InChI is InChI=1S/C9H15NO3/c1-10-4-3-6-7(8(11)12)9(6,5-10)13-2/h6-7H,3-5H2,1-2H3,(H,11,12)/t6-,7-,9+/m0/s1. The second kappa shape index (κ2) is 2.69. The number of ether oxygens (including phenoxy) is 1. The summed E-state index contributed by atoms with van der Waals surface area (Å²) in [6.07, 6.45) is 0.946. The lowest BCUT2D eigenvalue weighted by atomic mass is 10.1. The number of methoxy groups -OCH3 is 1. The number of carboxylic acids is 1. The number of hydrogen-bond acceptors (Lipinski definition) is 3. The zero-order chi connectivity index (χ0) is 9.64. The summed E-state index contributed by atoms with van der Waals surface area (Å²) in [6, 6.07) is 0. The van der Waals surface area contributed by atoms with Crippen LogP contribution in [0.1, 0.15) is 6.42 Å². The third-order valence-electron chi connectivity index (χ3n) is 3.43. The predicted molar refractivity (Wildman–Crippen MR) is 46.5 cm³/mol. The molecule has 0 amide bonds. The highest BCUT2D eigenvalue weighted by Crippen LogP contribution is 2.57. The molecular formula is C9H15NO3. The molecule has 0 aromatic carbocycles. The molecule has 1 aliphatic heterocycles. The van der Waals surface area contributed by atoms with Crippen molar-refractivity contribution in [2.45, 2.75) is 12.0 Å². The average Bonchev–Trinajstić information content (AvgIpc) is 2.73. The smallest absolute Gasteiger partial charge is 0.309 e. The quantitative estimate of drug-likeness (QED) is 0.659. The van der Waals surface area contributed by atoms with Crippen molar-refractivity contribution in [1.29, 1.82) is 0 Å². The van der Waals surface area contributed by atoms with Crippen LogP contribution in [0.2, 0.25) is 0 Å². The summed E-state index contributed by atoms with van der Waals surface area (Å²) in [5.41, 5.74) is -0.376. The Balaban J connectivity index is 2.15. The Hall–Kier alpha value is -0.610. The Kier molecular flexibility index (Phi) is 1.85. The Morgan fingerprint density at radius 2 is 2.38 bits per heavy atom. The van der Waals surface area contributed by atoms with Gasteiger partial charge in [0.2, 0.25) is 0 Å². The van der Waals surface area contributed by atoms with Gasteiger partial charge < -0.3 is 14.7 Å². The molecule has 0 bridgehead atoms. The number of rotatable bonds is 2. The van der Waals surface area contributed by atoms with Gasteiger partial charge in [0.15, 0.2) is 0 Å². The summed E-state index contributed by atoms with van der Waals surface area (Å²) in [5.74, 6) is -0.740. The first-order chi connectivity index (χ1) is 6.12. The molecule has 0 aromatic heterocycles. The van der Waals surface area contributed by atoms with Gasteiger partial charge in [0, 0.05) is 19.6 Å². The first kappa shape index (κ1) is 8.97. The van der Waals surface area contributed by atoms with E-state index in [0.29, 0.717) is 0 Å². The lowest BCUT2D eigenvalue weighted by Crippen LogP contribution is -2.39. The Morgan fingerprint density at radius 1 is 1.69 bits per heavy atom. The van der Waals surface area contributed by atoms with Crippen LogP contribution in [0.25, 0.3) is 0 Å². The fraction of sp³-hybridized carbons (Fsp3) is 0.889. The third kappa shape index (κ3) is 1.09. The molecule has 0 aromatic rings. The van der Waals surface area contributed by atoms with E-state index < -0.39 is 5.97 Å². The van der Waals surface area contributed by atoms with E-state index in [-0.39, 0.29) is 17.4 Å². The number of hydrogen-bond donors (Lipinski definition) is 1. The van der Waals surface area contributed by atoms with E-state index in [1.807, 2.05) is 7.05 Å². The van der Waals surface area contributed by atoms with Crippen LogP contribution in [-0.4, -0.2) is 48.8 Å². The molecule has 0 radical (unpaired) electrons. The highest BCUT2D eigenvalue weighted by Gasteiger charge is 2.70. The van der Waals surface area contributed by atoms with E-state index in [0.717, 1.165) is 19.5 Å². The molecule has 4 nitrogen and oxygen atoms in total. The van der Waals surface area contributed by atoms with Crippen LogP contribution in [0.5, 0.6) is 0 Å². The number of piperidine rings is 1. The predicted octanol–water partition coefficient (Wildman–Crippen LogP) is 0.0377. The molecule has 1 saturated carbocycles. The molecule has 4 heteroatoms. The molecule has 2 rings (SSSR count). The minimum Gasteiger partial charge on any atom is -0.481 e. The molecule has 2 fully saturated rings. The lowest BCUT2D eigenvalue weighted by molar-refractivity contribution is -0.140. The Labute approximate surface area is 77.5 Å². The van der Waals surface area contributed by atoms with E-state index in [1.54, 1.807) is 7.11 Å². The van der Waals surface area contributed by atoms with Gasteiger partial charge in [-0.05, 0) is 20.0 Å². The number of nitrogens with zero attached hydrogens (tertiary/aromatic N) is 1. The first-order valence-electron chi connectivity index (χ1n) is 4.58. The molecule has 2 aliphatic rings. The van der Waals surface area contributed by atoms with Gasteiger partial charge in [-0.25, -0.2) is 0 Å². The maximum Gasteiger partial charge on any atom is 0.309 e. The Bertz CT molecular complexity index is 243. The second-order valence-electron chi connectivity index (χ2n) is 4.11. The minimum atomic E-state index is -0.706. The van der Waals surface area contributed by atoms with Gasteiger partial charge >= 0.3 is 5.97 Å². The van der Waals surface area contributed by atoms with Gasteiger partial charge in [-0.15, -0.1) is 0 Å². The van der Waals surface area contributed by atoms with Crippen LogP contribution in [0, 0.1) is 11.8 Å². The molecule has 3 atom stereocenters. The molecule has 1 aliphatic carbocycles. The number of likely N-dealkylation sites (tertiary alicyclic amines) is 1. The summed E-state index contributed by atoms with van der Waals surface area (Å²) in [7, 11) is 3.63. The summed E-state index contributed by atoms with van der Waals surface area (Å²) in [5, 5.41) is 8.97. The van der Waals surface area contributed by atoms with Crippen LogP contribution in [-0.2, 0) is 9.53 Å². The van der Waals surface area contributed by atoms with Crippen molar-refractivity contribution in [3.63, 3.8) is 0 Å². The third-order valence-corrected chi connectivity index (χ3v) is 3.43. The fourth-order valence-corrected chi connectivity index (χ4v) is 2.70.